The zero-order valence-corrected chi connectivity index (χ0v) is 16.0. The van der Waals surface area contributed by atoms with E-state index in [0.29, 0.717) is 16.5 Å². The van der Waals surface area contributed by atoms with Crippen molar-refractivity contribution in [1.82, 2.24) is 4.57 Å². The molecule has 0 saturated heterocycles. The van der Waals surface area contributed by atoms with Crippen molar-refractivity contribution in [2.45, 2.75) is 43.9 Å². The van der Waals surface area contributed by atoms with Crippen molar-refractivity contribution >= 4 is 10.9 Å². The maximum Gasteiger partial charge on any atom is 0.417 e. The summed E-state index contributed by atoms with van der Waals surface area (Å²) in [6.07, 6.45) is -4.46. The molecule has 3 nitrogen and oxygen atoms in total. The van der Waals surface area contributed by atoms with Crippen molar-refractivity contribution in [2.75, 3.05) is 0 Å². The second kappa shape index (κ2) is 7.20. The van der Waals surface area contributed by atoms with Gasteiger partial charge in [-0.3, -0.25) is 4.57 Å². The fraction of sp³-hybridized carbons (Fsp3) is 0.318. The number of halogens is 4. The van der Waals surface area contributed by atoms with Gasteiger partial charge in [0, 0.05) is 17.5 Å². The minimum atomic E-state index is -4.93. The summed E-state index contributed by atoms with van der Waals surface area (Å²) in [5, 5.41) is 20.8. The van der Waals surface area contributed by atoms with E-state index in [1.165, 1.54) is 30.3 Å². The molecule has 0 bridgehead atoms. The first kappa shape index (κ1) is 20.9. The largest absolute Gasteiger partial charge is 0.417 e. The van der Waals surface area contributed by atoms with Crippen molar-refractivity contribution in [3.05, 3.63) is 71.7 Å². The lowest BCUT2D eigenvalue weighted by molar-refractivity contribution is -0.266. The van der Waals surface area contributed by atoms with E-state index in [0.717, 1.165) is 4.57 Å². The van der Waals surface area contributed by atoms with Crippen LogP contribution in [-0.2, 0) is 11.8 Å². The summed E-state index contributed by atoms with van der Waals surface area (Å²) in [5.74, 6) is -0.492. The molecule has 1 aromatic heterocycles. The molecule has 0 radical (unpaired) electrons. The van der Waals surface area contributed by atoms with Gasteiger partial charge in [-0.2, -0.15) is 18.4 Å². The molecular formula is C22H20F4N2O. The Morgan fingerprint density at radius 3 is 2.24 bits per heavy atom. The van der Waals surface area contributed by atoms with Gasteiger partial charge in [0.15, 0.2) is 11.8 Å². The maximum absolute atomic E-state index is 14.0. The molecule has 0 aliphatic rings. The van der Waals surface area contributed by atoms with E-state index in [4.69, 9.17) is 0 Å². The standard InChI is InChI=1S/C22H20F4N2O/c1-20(2,16-7-9-17(23)10-8-16)13-21(29,22(24,25)26)12-18-11-15-5-3-4-6-19(15)28(18)14-27/h3-11,29H,12-13H2,1-2H3. The number of fused-ring (bicyclic) bond motifs is 1. The molecule has 152 valence electrons. The monoisotopic (exact) mass is 404 g/mol. The first-order valence-electron chi connectivity index (χ1n) is 9.01. The quantitative estimate of drug-likeness (QED) is 0.586. The summed E-state index contributed by atoms with van der Waals surface area (Å²) < 4.78 is 56.3. The number of alkyl halides is 3. The Bertz CT molecular complexity index is 1060. The Balaban J connectivity index is 2.02. The zero-order chi connectivity index (χ0) is 21.4. The average Bonchev–Trinajstić information content (AvgIpc) is 2.97. The minimum Gasteiger partial charge on any atom is -0.380 e. The van der Waals surface area contributed by atoms with Crippen molar-refractivity contribution in [3.8, 4) is 6.19 Å². The number of rotatable bonds is 5. The Morgan fingerprint density at radius 2 is 1.66 bits per heavy atom. The van der Waals surface area contributed by atoms with Crippen LogP contribution < -0.4 is 0 Å². The molecule has 3 aromatic rings. The number of aromatic nitrogens is 1. The predicted octanol–water partition coefficient (Wildman–Crippen LogP) is 5.31. The molecule has 1 heterocycles. The van der Waals surface area contributed by atoms with Gasteiger partial charge in [-0.25, -0.2) is 4.39 Å². The summed E-state index contributed by atoms with van der Waals surface area (Å²) in [5.41, 5.74) is -3.15. The summed E-state index contributed by atoms with van der Waals surface area (Å²) in [6, 6.07) is 13.4. The van der Waals surface area contributed by atoms with Crippen molar-refractivity contribution < 1.29 is 22.7 Å². The number of benzene rings is 2. The third-order valence-corrected chi connectivity index (χ3v) is 5.25. The third kappa shape index (κ3) is 3.99. The molecule has 7 heteroatoms. The maximum atomic E-state index is 14.0. The molecule has 1 atom stereocenters. The van der Waals surface area contributed by atoms with E-state index in [2.05, 4.69) is 0 Å². The summed E-state index contributed by atoms with van der Waals surface area (Å²) >= 11 is 0. The van der Waals surface area contributed by atoms with Gasteiger partial charge in [0.25, 0.3) is 0 Å². The zero-order valence-electron chi connectivity index (χ0n) is 16.0. The van der Waals surface area contributed by atoms with Crippen LogP contribution in [0, 0.1) is 17.3 Å². The van der Waals surface area contributed by atoms with Gasteiger partial charge in [0.05, 0.1) is 5.52 Å². The topological polar surface area (TPSA) is 49.0 Å². The first-order valence-corrected chi connectivity index (χ1v) is 9.01. The fourth-order valence-corrected chi connectivity index (χ4v) is 3.76. The van der Waals surface area contributed by atoms with Gasteiger partial charge in [-0.1, -0.05) is 44.2 Å². The highest BCUT2D eigenvalue weighted by Crippen LogP contribution is 2.43. The third-order valence-electron chi connectivity index (χ3n) is 5.25. The smallest absolute Gasteiger partial charge is 0.380 e. The second-order valence-corrected chi connectivity index (χ2v) is 7.90. The predicted molar refractivity (Wildman–Crippen MR) is 102 cm³/mol. The van der Waals surface area contributed by atoms with E-state index < -0.39 is 35.9 Å². The molecule has 0 aliphatic carbocycles. The molecule has 29 heavy (non-hydrogen) atoms. The molecule has 3 rings (SSSR count). The molecule has 0 fully saturated rings. The lowest BCUT2D eigenvalue weighted by Gasteiger charge is -2.38. The normalized spacial score (nSPS) is 14.6. The Hall–Kier alpha value is -2.85. The fourth-order valence-electron chi connectivity index (χ4n) is 3.76. The van der Waals surface area contributed by atoms with Crippen LogP contribution in [0.2, 0.25) is 0 Å². The summed E-state index contributed by atoms with van der Waals surface area (Å²) in [7, 11) is 0. The van der Waals surface area contributed by atoms with E-state index in [1.54, 1.807) is 38.1 Å². The minimum absolute atomic E-state index is 0.0726. The molecule has 1 N–H and O–H groups in total. The SMILES string of the molecule is CC(C)(CC(O)(Cc1cc2ccccc2n1C#N)C(F)(F)F)c1ccc(F)cc1. The Morgan fingerprint density at radius 1 is 1.03 bits per heavy atom. The molecule has 0 spiro atoms. The van der Waals surface area contributed by atoms with E-state index in [-0.39, 0.29) is 5.69 Å². The van der Waals surface area contributed by atoms with Crippen LogP contribution in [0.4, 0.5) is 17.6 Å². The number of hydrogen-bond acceptors (Lipinski definition) is 2. The number of nitrogens with zero attached hydrogens (tertiary/aromatic N) is 2. The molecule has 1 unspecified atom stereocenters. The lowest BCUT2D eigenvalue weighted by atomic mass is 9.73. The highest BCUT2D eigenvalue weighted by Gasteiger charge is 2.56. The van der Waals surface area contributed by atoms with Crippen LogP contribution >= 0.6 is 0 Å². The van der Waals surface area contributed by atoms with Gasteiger partial charge >= 0.3 is 6.18 Å². The van der Waals surface area contributed by atoms with Crippen LogP contribution in [0.1, 0.15) is 31.5 Å². The van der Waals surface area contributed by atoms with Gasteiger partial charge in [-0.05, 0) is 41.7 Å². The first-order chi connectivity index (χ1) is 13.5. The van der Waals surface area contributed by atoms with Crippen LogP contribution in [0.25, 0.3) is 10.9 Å². The number of hydrogen-bond donors (Lipinski definition) is 1. The van der Waals surface area contributed by atoms with E-state index >= 15 is 0 Å². The van der Waals surface area contributed by atoms with Crippen molar-refractivity contribution in [2.24, 2.45) is 0 Å². The Kier molecular flexibility index (Phi) is 5.18. The lowest BCUT2D eigenvalue weighted by Crippen LogP contribution is -2.51. The molecular weight excluding hydrogens is 384 g/mol. The molecule has 0 saturated carbocycles. The van der Waals surface area contributed by atoms with Gasteiger partial charge in [-0.15, -0.1) is 0 Å². The summed E-state index contributed by atoms with van der Waals surface area (Å²) in [4.78, 5) is 0. The van der Waals surface area contributed by atoms with Crippen LogP contribution in [0.3, 0.4) is 0 Å². The highest BCUT2D eigenvalue weighted by atomic mass is 19.4. The van der Waals surface area contributed by atoms with Crippen molar-refractivity contribution in [3.63, 3.8) is 0 Å². The Labute approximate surface area is 165 Å². The van der Waals surface area contributed by atoms with E-state index in [1.807, 2.05) is 6.19 Å². The van der Waals surface area contributed by atoms with Crippen molar-refractivity contribution in [1.29, 1.82) is 5.26 Å². The molecule has 0 amide bonds. The summed E-state index contributed by atoms with van der Waals surface area (Å²) in [6.45, 7) is 3.13. The molecule has 0 aliphatic heterocycles. The molecule has 2 aromatic carbocycles. The van der Waals surface area contributed by atoms with Gasteiger partial charge in [0.2, 0.25) is 0 Å². The van der Waals surface area contributed by atoms with E-state index in [9.17, 15) is 27.9 Å². The number of nitriles is 1. The second-order valence-electron chi connectivity index (χ2n) is 7.90. The number of para-hydroxylation sites is 1. The van der Waals surface area contributed by atoms with Crippen LogP contribution in [0.15, 0.2) is 54.6 Å². The van der Waals surface area contributed by atoms with Gasteiger partial charge in [0.1, 0.15) is 5.82 Å². The van der Waals surface area contributed by atoms with Gasteiger partial charge < -0.3 is 5.11 Å². The highest BCUT2D eigenvalue weighted by molar-refractivity contribution is 5.82. The van der Waals surface area contributed by atoms with Crippen LogP contribution in [-0.4, -0.2) is 21.5 Å². The van der Waals surface area contributed by atoms with Crippen LogP contribution in [0.5, 0.6) is 0 Å². The number of aliphatic hydroxyl groups is 1. The average molecular weight is 404 g/mol.